The summed E-state index contributed by atoms with van der Waals surface area (Å²) in [6, 6.07) is 2.66. The Bertz CT molecular complexity index is 613. The summed E-state index contributed by atoms with van der Waals surface area (Å²) in [6.07, 6.45) is 1.23. The molecule has 0 fully saturated rings. The molecule has 94 valence electrons. The van der Waals surface area contributed by atoms with Crippen LogP contribution in [0.15, 0.2) is 22.7 Å². The van der Waals surface area contributed by atoms with Crippen LogP contribution in [0.2, 0.25) is 0 Å². The minimum Gasteiger partial charge on any atom is -0.477 e. The van der Waals surface area contributed by atoms with Crippen LogP contribution in [0.5, 0.6) is 0 Å². The van der Waals surface area contributed by atoms with Crippen molar-refractivity contribution in [1.82, 2.24) is 9.55 Å². The average molecular weight is 251 g/mol. The predicted octanol–water partition coefficient (Wildman–Crippen LogP) is 1.44. The van der Waals surface area contributed by atoms with Crippen LogP contribution in [0.1, 0.15) is 22.1 Å². The highest BCUT2D eigenvalue weighted by Gasteiger charge is 2.17. The Kier molecular flexibility index (Phi) is 2.84. The number of furan rings is 1. The number of imidazole rings is 1. The number of aromatic nitrogens is 2. The number of carboxylic acids is 1. The molecule has 0 saturated carbocycles. The van der Waals surface area contributed by atoms with E-state index < -0.39 is 10.9 Å². The second kappa shape index (κ2) is 4.32. The van der Waals surface area contributed by atoms with Gasteiger partial charge in [-0.3, -0.25) is 10.1 Å². The lowest BCUT2D eigenvalue weighted by atomic mass is 10.4. The van der Waals surface area contributed by atoms with Gasteiger partial charge in [-0.15, -0.1) is 0 Å². The first kappa shape index (κ1) is 11.8. The van der Waals surface area contributed by atoms with Crippen LogP contribution in [0, 0.1) is 17.0 Å². The van der Waals surface area contributed by atoms with Gasteiger partial charge in [0, 0.05) is 0 Å². The Labute approximate surface area is 101 Å². The molecule has 0 unspecified atom stereocenters. The molecule has 0 aliphatic carbocycles. The van der Waals surface area contributed by atoms with Crippen molar-refractivity contribution in [3.05, 3.63) is 45.7 Å². The van der Waals surface area contributed by atoms with E-state index in [2.05, 4.69) is 4.98 Å². The van der Waals surface area contributed by atoms with Gasteiger partial charge in [0.2, 0.25) is 0 Å². The summed E-state index contributed by atoms with van der Waals surface area (Å²) in [5, 5.41) is 19.4. The summed E-state index contributed by atoms with van der Waals surface area (Å²) in [6.45, 7) is 1.73. The normalized spacial score (nSPS) is 10.5. The van der Waals surface area contributed by atoms with Gasteiger partial charge in [-0.05, 0) is 13.0 Å². The molecule has 1 N–H and O–H groups in total. The Balaban J connectivity index is 2.30. The lowest BCUT2D eigenvalue weighted by Gasteiger charge is -2.04. The molecule has 0 atom stereocenters. The van der Waals surface area contributed by atoms with Crippen LogP contribution < -0.4 is 0 Å². The Morgan fingerprint density at radius 2 is 2.33 bits per heavy atom. The van der Waals surface area contributed by atoms with Crippen molar-refractivity contribution >= 4 is 11.9 Å². The van der Waals surface area contributed by atoms with Crippen LogP contribution in [0.25, 0.3) is 0 Å². The maximum atomic E-state index is 10.9. The van der Waals surface area contributed by atoms with Crippen LogP contribution in [0.3, 0.4) is 0 Å². The first-order valence-corrected chi connectivity index (χ1v) is 4.97. The van der Waals surface area contributed by atoms with Gasteiger partial charge in [-0.2, -0.15) is 0 Å². The highest BCUT2D eigenvalue weighted by molar-refractivity contribution is 5.85. The van der Waals surface area contributed by atoms with Gasteiger partial charge in [-0.25, -0.2) is 9.78 Å². The summed E-state index contributed by atoms with van der Waals surface area (Å²) >= 11 is 0. The first-order valence-electron chi connectivity index (χ1n) is 4.97. The van der Waals surface area contributed by atoms with E-state index in [1.165, 1.54) is 22.9 Å². The van der Waals surface area contributed by atoms with Crippen LogP contribution in [-0.4, -0.2) is 25.6 Å². The Hall–Kier alpha value is -2.64. The fraction of sp³-hybridized carbons (Fsp3) is 0.200. The largest absolute Gasteiger partial charge is 0.477 e. The summed E-state index contributed by atoms with van der Waals surface area (Å²) in [5.41, 5.74) is 0.00607. The molecule has 2 rings (SSSR count). The fourth-order valence-corrected chi connectivity index (χ4v) is 1.54. The number of hydrogen-bond donors (Lipinski definition) is 1. The van der Waals surface area contributed by atoms with E-state index in [-0.39, 0.29) is 18.1 Å². The lowest BCUT2D eigenvalue weighted by Crippen LogP contribution is -2.10. The fourth-order valence-electron chi connectivity index (χ4n) is 1.54. The second-order valence-corrected chi connectivity index (χ2v) is 3.58. The van der Waals surface area contributed by atoms with E-state index in [0.717, 1.165) is 0 Å². The zero-order chi connectivity index (χ0) is 13.3. The van der Waals surface area contributed by atoms with Crippen molar-refractivity contribution in [3.8, 4) is 0 Å². The Morgan fingerprint density at radius 1 is 1.61 bits per heavy atom. The number of aryl methyl sites for hydroxylation is 1. The highest BCUT2D eigenvalue weighted by Crippen LogP contribution is 2.18. The number of nitro groups is 1. The molecule has 0 aliphatic heterocycles. The van der Waals surface area contributed by atoms with E-state index in [1.54, 1.807) is 6.92 Å². The van der Waals surface area contributed by atoms with Gasteiger partial charge in [0.25, 0.3) is 0 Å². The topological polar surface area (TPSA) is 111 Å². The standard InChI is InChI=1S/C10H9N3O5/c1-6-11-4-8(10(14)15)12(6)5-7-2-3-9(18-7)13(16)17/h2-4H,5H2,1H3,(H,14,15). The zero-order valence-corrected chi connectivity index (χ0v) is 9.36. The van der Waals surface area contributed by atoms with Crippen molar-refractivity contribution in [2.75, 3.05) is 0 Å². The van der Waals surface area contributed by atoms with Crippen molar-refractivity contribution in [2.24, 2.45) is 0 Å². The summed E-state index contributed by atoms with van der Waals surface area (Å²) in [7, 11) is 0. The van der Waals surface area contributed by atoms with E-state index in [4.69, 9.17) is 9.52 Å². The third-order valence-corrected chi connectivity index (χ3v) is 2.42. The second-order valence-electron chi connectivity index (χ2n) is 3.58. The summed E-state index contributed by atoms with van der Waals surface area (Å²) in [4.78, 5) is 24.6. The van der Waals surface area contributed by atoms with Gasteiger partial charge >= 0.3 is 11.9 Å². The van der Waals surface area contributed by atoms with E-state index in [9.17, 15) is 14.9 Å². The molecule has 18 heavy (non-hydrogen) atoms. The van der Waals surface area contributed by atoms with Gasteiger partial charge < -0.3 is 14.1 Å². The highest BCUT2D eigenvalue weighted by atomic mass is 16.6. The number of rotatable bonds is 4. The monoisotopic (exact) mass is 251 g/mol. The summed E-state index contributed by atoms with van der Waals surface area (Å²) in [5.74, 6) is -0.701. The van der Waals surface area contributed by atoms with E-state index in [0.29, 0.717) is 11.6 Å². The van der Waals surface area contributed by atoms with Gasteiger partial charge in [-0.1, -0.05) is 0 Å². The molecule has 8 nitrogen and oxygen atoms in total. The molecule has 0 saturated heterocycles. The molecule has 0 amide bonds. The quantitative estimate of drug-likeness (QED) is 0.650. The van der Waals surface area contributed by atoms with Crippen LogP contribution >= 0.6 is 0 Å². The lowest BCUT2D eigenvalue weighted by molar-refractivity contribution is -0.402. The Morgan fingerprint density at radius 3 is 2.89 bits per heavy atom. The van der Waals surface area contributed by atoms with E-state index in [1.807, 2.05) is 0 Å². The van der Waals surface area contributed by atoms with Crippen LogP contribution in [0.4, 0.5) is 5.88 Å². The number of carboxylic acid groups (broad SMARTS) is 1. The number of nitrogens with zero attached hydrogens (tertiary/aromatic N) is 3. The molecule has 2 heterocycles. The maximum absolute atomic E-state index is 10.9. The molecule has 2 aromatic rings. The van der Waals surface area contributed by atoms with Crippen LogP contribution in [-0.2, 0) is 6.54 Å². The third kappa shape index (κ3) is 2.08. The predicted molar refractivity (Wildman–Crippen MR) is 58.4 cm³/mol. The van der Waals surface area contributed by atoms with Crippen molar-refractivity contribution < 1.29 is 19.2 Å². The van der Waals surface area contributed by atoms with Gasteiger partial charge in [0.15, 0.2) is 0 Å². The summed E-state index contributed by atoms with van der Waals surface area (Å²) < 4.78 is 6.38. The molecule has 0 aromatic carbocycles. The molecule has 0 bridgehead atoms. The number of carbonyl (C=O) groups is 1. The van der Waals surface area contributed by atoms with Gasteiger partial charge in [0.1, 0.15) is 22.2 Å². The molecule has 0 spiro atoms. The third-order valence-electron chi connectivity index (χ3n) is 2.42. The molecule has 2 aromatic heterocycles. The van der Waals surface area contributed by atoms with Crippen molar-refractivity contribution in [2.45, 2.75) is 13.5 Å². The number of aromatic carboxylic acids is 1. The zero-order valence-electron chi connectivity index (χ0n) is 9.36. The molecular weight excluding hydrogens is 242 g/mol. The molecule has 0 aliphatic rings. The maximum Gasteiger partial charge on any atom is 0.433 e. The molecule has 8 heteroatoms. The molecular formula is C10H9N3O5. The van der Waals surface area contributed by atoms with Gasteiger partial charge in [0.05, 0.1) is 18.8 Å². The smallest absolute Gasteiger partial charge is 0.433 e. The average Bonchev–Trinajstić information content (AvgIpc) is 2.88. The van der Waals surface area contributed by atoms with Crippen molar-refractivity contribution in [1.29, 1.82) is 0 Å². The minimum absolute atomic E-state index is 0.00607. The number of hydrogen-bond acceptors (Lipinski definition) is 5. The van der Waals surface area contributed by atoms with Crippen molar-refractivity contribution in [3.63, 3.8) is 0 Å². The first-order chi connectivity index (χ1) is 8.49. The van der Waals surface area contributed by atoms with E-state index >= 15 is 0 Å². The molecule has 0 radical (unpaired) electrons. The SMILES string of the molecule is Cc1ncc(C(=O)O)n1Cc1ccc([N+](=O)[O-])o1. The minimum atomic E-state index is -1.11.